The third-order valence-electron chi connectivity index (χ3n) is 6.18. The van der Waals surface area contributed by atoms with Gasteiger partial charge >= 0.3 is 0 Å². The molecule has 3 heterocycles. The molecule has 0 saturated carbocycles. The zero-order valence-corrected chi connectivity index (χ0v) is 21.8. The average molecular weight is 487 g/mol. The average Bonchev–Trinajstić information content (AvgIpc) is 2.96. The first kappa shape index (κ1) is 25.5. The SMILES string of the molecule is CCCCn1c(N2CCCCCC2)c(/C=C2/SC(=S)N(CC(C)C)C2=O)c(C)c(C#N)c1=O. The number of aromatic nitrogens is 1. The lowest BCUT2D eigenvalue weighted by molar-refractivity contribution is -0.122. The lowest BCUT2D eigenvalue weighted by Crippen LogP contribution is -2.35. The van der Waals surface area contributed by atoms with Crippen LogP contribution in [-0.2, 0) is 11.3 Å². The fraction of sp³-hybridized carbons (Fsp3) is 0.600. The second kappa shape index (κ2) is 11.3. The number of unbranched alkanes of at least 4 members (excludes halogenated alkanes) is 1. The molecule has 2 saturated heterocycles. The summed E-state index contributed by atoms with van der Waals surface area (Å²) in [5.74, 6) is 1.06. The van der Waals surface area contributed by atoms with Crippen LogP contribution in [0.15, 0.2) is 9.70 Å². The van der Waals surface area contributed by atoms with Crippen molar-refractivity contribution in [2.75, 3.05) is 24.5 Å². The molecular weight excluding hydrogens is 452 g/mol. The van der Waals surface area contributed by atoms with E-state index in [1.165, 1.54) is 24.6 Å². The smallest absolute Gasteiger partial charge is 0.270 e. The van der Waals surface area contributed by atoms with Gasteiger partial charge in [0.15, 0.2) is 0 Å². The Kier molecular flexibility index (Phi) is 8.77. The van der Waals surface area contributed by atoms with Crippen LogP contribution in [0.3, 0.4) is 0 Å². The van der Waals surface area contributed by atoms with Gasteiger partial charge in [-0.25, -0.2) is 0 Å². The van der Waals surface area contributed by atoms with E-state index in [0.29, 0.717) is 33.8 Å². The molecule has 3 rings (SSSR count). The van der Waals surface area contributed by atoms with Crippen LogP contribution >= 0.6 is 24.0 Å². The van der Waals surface area contributed by atoms with Gasteiger partial charge in [0.05, 0.1) is 4.91 Å². The van der Waals surface area contributed by atoms with Crippen LogP contribution in [0.2, 0.25) is 0 Å². The van der Waals surface area contributed by atoms with Crippen molar-refractivity contribution in [3.63, 3.8) is 0 Å². The number of hydrogen-bond acceptors (Lipinski definition) is 6. The van der Waals surface area contributed by atoms with E-state index in [9.17, 15) is 14.9 Å². The molecule has 1 aromatic rings. The number of carbonyl (C=O) groups excluding carboxylic acids is 1. The number of amides is 1. The predicted octanol–water partition coefficient (Wildman–Crippen LogP) is 5.07. The molecule has 6 nitrogen and oxygen atoms in total. The second-order valence-electron chi connectivity index (χ2n) is 9.25. The largest absolute Gasteiger partial charge is 0.357 e. The fourth-order valence-corrected chi connectivity index (χ4v) is 5.70. The van der Waals surface area contributed by atoms with Crippen molar-refractivity contribution in [1.82, 2.24) is 9.47 Å². The molecule has 1 amide bonds. The van der Waals surface area contributed by atoms with Gasteiger partial charge in [0.2, 0.25) is 0 Å². The number of rotatable bonds is 7. The summed E-state index contributed by atoms with van der Waals surface area (Å²) in [6, 6.07) is 2.13. The van der Waals surface area contributed by atoms with Crippen LogP contribution in [0.25, 0.3) is 6.08 Å². The molecule has 2 fully saturated rings. The Morgan fingerprint density at radius 2 is 1.85 bits per heavy atom. The first-order valence-corrected chi connectivity index (χ1v) is 13.2. The van der Waals surface area contributed by atoms with Crippen molar-refractivity contribution in [2.45, 2.75) is 72.8 Å². The highest BCUT2D eigenvalue weighted by molar-refractivity contribution is 8.26. The Hall–Kier alpha value is -2.11. The Balaban J connectivity index is 2.21. The van der Waals surface area contributed by atoms with Crippen LogP contribution in [0.5, 0.6) is 0 Å². The quantitative estimate of drug-likeness (QED) is 0.396. The number of nitrogens with zero attached hydrogens (tertiary/aromatic N) is 4. The maximum absolute atomic E-state index is 13.3. The van der Waals surface area contributed by atoms with Crippen LogP contribution in [0, 0.1) is 24.2 Å². The maximum Gasteiger partial charge on any atom is 0.270 e. The second-order valence-corrected chi connectivity index (χ2v) is 10.9. The zero-order chi connectivity index (χ0) is 24.1. The summed E-state index contributed by atoms with van der Waals surface area (Å²) in [4.78, 5) is 31.1. The van der Waals surface area contributed by atoms with Gasteiger partial charge in [-0.1, -0.05) is 64.0 Å². The molecule has 0 radical (unpaired) electrons. The fourth-order valence-electron chi connectivity index (χ4n) is 4.44. The molecule has 2 aliphatic rings. The molecule has 33 heavy (non-hydrogen) atoms. The van der Waals surface area contributed by atoms with E-state index in [1.807, 2.05) is 13.0 Å². The Morgan fingerprint density at radius 3 is 2.42 bits per heavy atom. The molecule has 0 aromatic carbocycles. The van der Waals surface area contributed by atoms with Gasteiger partial charge in [0, 0.05) is 31.7 Å². The number of pyridine rings is 1. The van der Waals surface area contributed by atoms with Gasteiger partial charge < -0.3 is 4.90 Å². The van der Waals surface area contributed by atoms with Crippen LogP contribution in [0.1, 0.15) is 76.0 Å². The van der Waals surface area contributed by atoms with E-state index in [1.54, 1.807) is 9.47 Å². The molecule has 1 aromatic heterocycles. The first-order chi connectivity index (χ1) is 15.8. The van der Waals surface area contributed by atoms with Crippen molar-refractivity contribution in [3.8, 4) is 6.07 Å². The van der Waals surface area contributed by atoms with E-state index in [-0.39, 0.29) is 17.0 Å². The summed E-state index contributed by atoms with van der Waals surface area (Å²) in [5.41, 5.74) is 1.37. The van der Waals surface area contributed by atoms with Crippen molar-refractivity contribution >= 4 is 46.1 Å². The zero-order valence-electron chi connectivity index (χ0n) is 20.1. The van der Waals surface area contributed by atoms with Crippen molar-refractivity contribution < 1.29 is 4.79 Å². The minimum Gasteiger partial charge on any atom is -0.357 e. The molecule has 0 atom stereocenters. The summed E-state index contributed by atoms with van der Waals surface area (Å²) in [6.45, 7) is 10.9. The number of thiocarbonyl (C=S) groups is 1. The van der Waals surface area contributed by atoms with Crippen molar-refractivity contribution in [1.29, 1.82) is 5.26 Å². The van der Waals surface area contributed by atoms with Crippen LogP contribution in [0.4, 0.5) is 5.82 Å². The molecular formula is C25H34N4O2S2. The lowest BCUT2D eigenvalue weighted by atomic mass is 10.0. The van der Waals surface area contributed by atoms with E-state index in [4.69, 9.17) is 12.2 Å². The summed E-state index contributed by atoms with van der Waals surface area (Å²) < 4.78 is 2.34. The molecule has 8 heteroatoms. The van der Waals surface area contributed by atoms with Gasteiger partial charge in [-0.05, 0) is 43.7 Å². The predicted molar refractivity (Wildman–Crippen MR) is 140 cm³/mol. The van der Waals surface area contributed by atoms with Gasteiger partial charge in [-0.3, -0.25) is 19.1 Å². The normalized spacial score (nSPS) is 18.4. The number of hydrogen-bond donors (Lipinski definition) is 0. The third-order valence-corrected chi connectivity index (χ3v) is 7.56. The van der Waals surface area contributed by atoms with E-state index in [2.05, 4.69) is 31.7 Å². The highest BCUT2D eigenvalue weighted by atomic mass is 32.2. The van der Waals surface area contributed by atoms with Gasteiger partial charge in [0.1, 0.15) is 21.8 Å². The first-order valence-electron chi connectivity index (χ1n) is 12.0. The number of thioether (sulfide) groups is 1. The summed E-state index contributed by atoms with van der Waals surface area (Å²) in [7, 11) is 0. The summed E-state index contributed by atoms with van der Waals surface area (Å²) >= 11 is 6.81. The van der Waals surface area contributed by atoms with Gasteiger partial charge in [0.25, 0.3) is 11.5 Å². The highest BCUT2D eigenvalue weighted by Gasteiger charge is 2.33. The van der Waals surface area contributed by atoms with E-state index >= 15 is 0 Å². The molecule has 178 valence electrons. The summed E-state index contributed by atoms with van der Waals surface area (Å²) in [6.07, 6.45) is 8.16. The van der Waals surface area contributed by atoms with E-state index in [0.717, 1.165) is 50.2 Å². The minimum atomic E-state index is -0.229. The Bertz CT molecular complexity index is 1040. The molecule has 0 N–H and O–H groups in total. The Morgan fingerprint density at radius 1 is 1.18 bits per heavy atom. The van der Waals surface area contributed by atoms with Gasteiger partial charge in [-0.15, -0.1) is 0 Å². The minimum absolute atomic E-state index is 0.0928. The third kappa shape index (κ3) is 5.52. The highest BCUT2D eigenvalue weighted by Crippen LogP contribution is 2.36. The molecule has 0 spiro atoms. The summed E-state index contributed by atoms with van der Waals surface area (Å²) in [5, 5.41) is 9.82. The number of anilines is 1. The monoisotopic (exact) mass is 486 g/mol. The number of nitriles is 1. The van der Waals surface area contributed by atoms with Gasteiger partial charge in [-0.2, -0.15) is 5.26 Å². The number of carbonyl (C=O) groups is 1. The van der Waals surface area contributed by atoms with E-state index < -0.39 is 0 Å². The lowest BCUT2D eigenvalue weighted by Gasteiger charge is -2.29. The van der Waals surface area contributed by atoms with Crippen molar-refractivity contribution in [2.24, 2.45) is 5.92 Å². The maximum atomic E-state index is 13.3. The molecule has 0 aliphatic carbocycles. The standard InChI is InChI=1S/C25H34N4O2S2/c1-5-6-13-28-22(27-11-9-7-8-10-12-27)19(18(4)20(15-26)23(28)30)14-21-24(31)29(16-17(2)3)25(32)33-21/h14,17H,5-13,16H2,1-4H3/b21-14+. The van der Waals surface area contributed by atoms with Crippen LogP contribution < -0.4 is 10.5 Å². The molecule has 0 unspecified atom stereocenters. The van der Waals surface area contributed by atoms with Crippen molar-refractivity contribution in [3.05, 3.63) is 31.9 Å². The molecule has 0 bridgehead atoms. The van der Waals surface area contributed by atoms with Crippen LogP contribution in [-0.4, -0.2) is 39.3 Å². The topological polar surface area (TPSA) is 69.3 Å². The molecule has 2 aliphatic heterocycles. The Labute approximate surface area is 206 Å².